The van der Waals surface area contributed by atoms with Gasteiger partial charge < -0.3 is 9.64 Å². The highest BCUT2D eigenvalue weighted by Gasteiger charge is 2.35. The molecule has 0 aromatic heterocycles. The first-order chi connectivity index (χ1) is 12.4. The third kappa shape index (κ3) is 3.21. The lowest BCUT2D eigenvalue weighted by atomic mass is 10.1. The van der Waals surface area contributed by atoms with E-state index in [4.69, 9.17) is 4.74 Å². The van der Waals surface area contributed by atoms with Crippen LogP contribution in [0.15, 0.2) is 53.6 Å². The Morgan fingerprint density at radius 1 is 1.19 bits per heavy atom. The van der Waals surface area contributed by atoms with Gasteiger partial charge in [0.25, 0.3) is 5.69 Å². The molecular formula is C18H18N4O4. The van der Waals surface area contributed by atoms with E-state index < -0.39 is 11.2 Å². The molecule has 0 N–H and O–H groups in total. The quantitative estimate of drug-likeness (QED) is 0.622. The summed E-state index contributed by atoms with van der Waals surface area (Å²) in [4.78, 5) is 24.7. The standard InChI is InChI=1S/C18H18N4O4/c1-12(23)21-18(13-8-10-14(11-9-13)20(2)3)26-17(19-21)15-6-4-5-7-16(15)22(24)25/h4-11,18H,1-3H3/t18-/m1/s1. The number of nitro benzene ring substituents is 1. The van der Waals surface area contributed by atoms with Gasteiger partial charge in [-0.05, 0) is 18.2 Å². The van der Waals surface area contributed by atoms with E-state index in [9.17, 15) is 14.9 Å². The van der Waals surface area contributed by atoms with Gasteiger partial charge in [0.1, 0.15) is 5.56 Å². The molecule has 0 spiro atoms. The van der Waals surface area contributed by atoms with Crippen molar-refractivity contribution in [3.8, 4) is 0 Å². The summed E-state index contributed by atoms with van der Waals surface area (Å²) < 4.78 is 5.84. The number of anilines is 1. The second kappa shape index (κ2) is 6.83. The number of hydrazone groups is 1. The van der Waals surface area contributed by atoms with Gasteiger partial charge in [-0.2, -0.15) is 5.01 Å². The molecule has 0 fully saturated rings. The maximum absolute atomic E-state index is 12.0. The normalized spacial score (nSPS) is 16.0. The van der Waals surface area contributed by atoms with Crippen LogP contribution in [0.25, 0.3) is 0 Å². The van der Waals surface area contributed by atoms with Gasteiger partial charge in [-0.25, -0.2) is 0 Å². The molecule has 134 valence electrons. The predicted molar refractivity (Wildman–Crippen MR) is 96.7 cm³/mol. The fourth-order valence-electron chi connectivity index (χ4n) is 2.64. The highest BCUT2D eigenvalue weighted by molar-refractivity contribution is 5.99. The minimum absolute atomic E-state index is 0.0502. The van der Waals surface area contributed by atoms with Crippen LogP contribution in [0.4, 0.5) is 11.4 Å². The summed E-state index contributed by atoms with van der Waals surface area (Å²) in [6.45, 7) is 1.37. The van der Waals surface area contributed by atoms with Crippen molar-refractivity contribution in [2.24, 2.45) is 5.10 Å². The van der Waals surface area contributed by atoms with E-state index in [-0.39, 0.29) is 23.1 Å². The van der Waals surface area contributed by atoms with Gasteiger partial charge in [-0.15, -0.1) is 5.10 Å². The van der Waals surface area contributed by atoms with Crippen LogP contribution in [0.2, 0.25) is 0 Å². The van der Waals surface area contributed by atoms with Gasteiger partial charge >= 0.3 is 0 Å². The van der Waals surface area contributed by atoms with Crippen molar-refractivity contribution in [3.05, 3.63) is 69.8 Å². The lowest BCUT2D eigenvalue weighted by Gasteiger charge is -2.20. The monoisotopic (exact) mass is 354 g/mol. The summed E-state index contributed by atoms with van der Waals surface area (Å²) in [5, 5.41) is 16.6. The van der Waals surface area contributed by atoms with E-state index in [1.54, 1.807) is 18.2 Å². The molecule has 2 aromatic carbocycles. The van der Waals surface area contributed by atoms with Crippen LogP contribution in [0.3, 0.4) is 0 Å². The topological polar surface area (TPSA) is 88.3 Å². The Hall–Kier alpha value is -3.42. The second-order valence-electron chi connectivity index (χ2n) is 6.00. The lowest BCUT2D eigenvalue weighted by molar-refractivity contribution is -0.385. The van der Waals surface area contributed by atoms with Gasteiger partial charge in [-0.1, -0.05) is 24.3 Å². The number of hydrogen-bond donors (Lipinski definition) is 0. The number of rotatable bonds is 4. The molecule has 0 aliphatic carbocycles. The zero-order valence-electron chi connectivity index (χ0n) is 14.6. The molecule has 1 aliphatic rings. The average molecular weight is 354 g/mol. The first-order valence-corrected chi connectivity index (χ1v) is 7.94. The molecule has 0 radical (unpaired) electrons. The molecule has 8 nitrogen and oxygen atoms in total. The van der Waals surface area contributed by atoms with E-state index in [2.05, 4.69) is 5.10 Å². The van der Waals surface area contributed by atoms with E-state index in [1.165, 1.54) is 18.0 Å². The van der Waals surface area contributed by atoms with Crippen molar-refractivity contribution in [1.29, 1.82) is 0 Å². The SMILES string of the molecule is CC(=O)N1N=C(c2ccccc2[N+](=O)[O-])O[C@@H]1c1ccc(N(C)C)cc1. The number of nitrogens with zero attached hydrogens (tertiary/aromatic N) is 4. The van der Waals surface area contributed by atoms with Crippen LogP contribution in [-0.4, -0.2) is 35.8 Å². The van der Waals surface area contributed by atoms with Crippen molar-refractivity contribution >= 4 is 23.2 Å². The number of carbonyl (C=O) groups excluding carboxylic acids is 1. The number of benzene rings is 2. The number of amides is 1. The van der Waals surface area contributed by atoms with E-state index in [0.29, 0.717) is 0 Å². The van der Waals surface area contributed by atoms with Crippen molar-refractivity contribution in [1.82, 2.24) is 5.01 Å². The highest BCUT2D eigenvalue weighted by Crippen LogP contribution is 2.33. The van der Waals surface area contributed by atoms with Crippen LogP contribution in [0.1, 0.15) is 24.3 Å². The van der Waals surface area contributed by atoms with Gasteiger partial charge in [0.2, 0.25) is 18.0 Å². The number of carbonyl (C=O) groups is 1. The zero-order chi connectivity index (χ0) is 18.8. The molecule has 1 atom stereocenters. The van der Waals surface area contributed by atoms with Crippen molar-refractivity contribution in [3.63, 3.8) is 0 Å². The summed E-state index contributed by atoms with van der Waals surface area (Å²) in [7, 11) is 3.86. The molecular weight excluding hydrogens is 336 g/mol. The minimum atomic E-state index is -0.765. The van der Waals surface area contributed by atoms with Crippen LogP contribution >= 0.6 is 0 Å². The van der Waals surface area contributed by atoms with Crippen LogP contribution in [0.5, 0.6) is 0 Å². The molecule has 1 heterocycles. The maximum Gasteiger partial charge on any atom is 0.282 e. The number of para-hydroxylation sites is 1. The van der Waals surface area contributed by atoms with Gasteiger partial charge in [-0.3, -0.25) is 14.9 Å². The molecule has 8 heteroatoms. The first kappa shape index (κ1) is 17.4. The zero-order valence-corrected chi connectivity index (χ0v) is 14.6. The van der Waals surface area contributed by atoms with E-state index >= 15 is 0 Å². The maximum atomic E-state index is 12.0. The highest BCUT2D eigenvalue weighted by atomic mass is 16.6. The number of hydrogen-bond acceptors (Lipinski definition) is 6. The van der Waals surface area contributed by atoms with Crippen molar-refractivity contribution < 1.29 is 14.5 Å². The third-order valence-electron chi connectivity index (χ3n) is 3.99. The van der Waals surface area contributed by atoms with Crippen LogP contribution in [-0.2, 0) is 9.53 Å². The van der Waals surface area contributed by atoms with Crippen LogP contribution in [0, 0.1) is 10.1 Å². The number of ether oxygens (including phenoxy) is 1. The summed E-state index contributed by atoms with van der Waals surface area (Å²) in [6.07, 6.45) is -0.765. The summed E-state index contributed by atoms with van der Waals surface area (Å²) >= 11 is 0. The Kier molecular flexibility index (Phi) is 4.57. The molecule has 0 unspecified atom stereocenters. The Balaban J connectivity index is 1.96. The van der Waals surface area contributed by atoms with Crippen LogP contribution < -0.4 is 4.90 Å². The third-order valence-corrected chi connectivity index (χ3v) is 3.99. The average Bonchev–Trinajstić information content (AvgIpc) is 3.07. The molecule has 26 heavy (non-hydrogen) atoms. The Morgan fingerprint density at radius 2 is 1.85 bits per heavy atom. The predicted octanol–water partition coefficient (Wildman–Crippen LogP) is 2.90. The molecule has 1 aliphatic heterocycles. The second-order valence-corrected chi connectivity index (χ2v) is 6.00. The van der Waals surface area contributed by atoms with Gasteiger partial charge in [0.05, 0.1) is 4.92 Å². The first-order valence-electron chi connectivity index (χ1n) is 7.94. The fraction of sp³-hybridized carbons (Fsp3) is 0.222. The van der Waals surface area contributed by atoms with Gasteiger partial charge in [0, 0.05) is 38.3 Å². The molecule has 0 saturated heterocycles. The largest absolute Gasteiger partial charge is 0.445 e. The van der Waals surface area contributed by atoms with E-state index in [1.807, 2.05) is 43.3 Å². The molecule has 0 bridgehead atoms. The number of nitro groups is 1. The van der Waals surface area contributed by atoms with Crippen molar-refractivity contribution in [2.75, 3.05) is 19.0 Å². The fourth-order valence-corrected chi connectivity index (χ4v) is 2.64. The van der Waals surface area contributed by atoms with E-state index in [0.717, 1.165) is 11.3 Å². The Bertz CT molecular complexity index is 877. The molecule has 3 rings (SSSR count). The molecule has 0 saturated carbocycles. The minimum Gasteiger partial charge on any atom is -0.445 e. The van der Waals surface area contributed by atoms with Gasteiger partial charge in [0.15, 0.2) is 0 Å². The lowest BCUT2D eigenvalue weighted by Crippen LogP contribution is -2.25. The summed E-state index contributed by atoms with van der Waals surface area (Å²) in [5.74, 6) is -0.269. The Morgan fingerprint density at radius 3 is 2.42 bits per heavy atom. The molecule has 2 aromatic rings. The van der Waals surface area contributed by atoms with Crippen molar-refractivity contribution in [2.45, 2.75) is 13.2 Å². The molecule has 1 amide bonds. The Labute approximate surface area is 150 Å². The summed E-state index contributed by atoms with van der Waals surface area (Å²) in [5.41, 5.74) is 1.83. The smallest absolute Gasteiger partial charge is 0.282 e. The summed E-state index contributed by atoms with van der Waals surface area (Å²) in [6, 6.07) is 13.6.